The first-order valence-electron chi connectivity index (χ1n) is 10.7. The molecule has 9 nitrogen and oxygen atoms in total. The van der Waals surface area contributed by atoms with Gasteiger partial charge in [-0.25, -0.2) is 9.59 Å². The lowest BCUT2D eigenvalue weighted by molar-refractivity contribution is -0.225. The number of carbonyl (C=O) groups excluding carboxylic acids is 1. The maximum atomic E-state index is 12.4. The maximum absolute atomic E-state index is 12.4. The highest BCUT2D eigenvalue weighted by Gasteiger charge is 2.54. The number of amides is 2. The third-order valence-electron chi connectivity index (χ3n) is 6.11. The van der Waals surface area contributed by atoms with Crippen LogP contribution in [-0.4, -0.2) is 47.3 Å². The van der Waals surface area contributed by atoms with Gasteiger partial charge >= 0.3 is 12.2 Å². The summed E-state index contributed by atoms with van der Waals surface area (Å²) in [7, 11) is 0. The van der Waals surface area contributed by atoms with Crippen LogP contribution in [0.4, 0.5) is 15.3 Å². The number of hydrogen-bond acceptors (Lipinski definition) is 6. The average Bonchev–Trinajstić information content (AvgIpc) is 3.27. The van der Waals surface area contributed by atoms with Crippen molar-refractivity contribution in [1.29, 1.82) is 0 Å². The molecule has 1 aliphatic heterocycles. The zero-order valence-electron chi connectivity index (χ0n) is 17.8. The van der Waals surface area contributed by atoms with Crippen molar-refractivity contribution in [2.24, 2.45) is 5.92 Å². The Kier molecular flexibility index (Phi) is 6.57. The van der Waals surface area contributed by atoms with Crippen molar-refractivity contribution in [3.63, 3.8) is 0 Å². The zero-order valence-corrected chi connectivity index (χ0v) is 17.8. The van der Waals surface area contributed by atoms with Crippen molar-refractivity contribution in [2.45, 2.75) is 44.1 Å². The monoisotopic (exact) mass is 441 g/mol. The number of anilines is 1. The molecule has 2 fully saturated rings. The van der Waals surface area contributed by atoms with Crippen LogP contribution >= 0.6 is 0 Å². The van der Waals surface area contributed by atoms with E-state index in [1.54, 1.807) is 12.4 Å². The predicted octanol–water partition coefficient (Wildman–Crippen LogP) is 3.72. The van der Waals surface area contributed by atoms with E-state index in [0.717, 1.165) is 11.1 Å². The van der Waals surface area contributed by atoms with E-state index in [1.165, 1.54) is 0 Å². The minimum absolute atomic E-state index is 0.0345. The van der Waals surface area contributed by atoms with Gasteiger partial charge in [-0.2, -0.15) is 0 Å². The van der Waals surface area contributed by atoms with Crippen LogP contribution in [0.5, 0.6) is 0 Å². The van der Waals surface area contributed by atoms with Crippen molar-refractivity contribution in [1.82, 2.24) is 10.3 Å². The average molecular weight is 441 g/mol. The molecule has 3 N–H and O–H groups in total. The van der Waals surface area contributed by atoms with Gasteiger partial charge in [0.05, 0.1) is 31.1 Å². The number of benzene rings is 1. The first-order chi connectivity index (χ1) is 15.5. The third-order valence-corrected chi connectivity index (χ3v) is 6.11. The topological polar surface area (TPSA) is 119 Å². The van der Waals surface area contributed by atoms with E-state index in [0.29, 0.717) is 31.7 Å². The summed E-state index contributed by atoms with van der Waals surface area (Å²) in [6.45, 7) is 3.02. The van der Waals surface area contributed by atoms with E-state index in [2.05, 4.69) is 15.6 Å². The Morgan fingerprint density at radius 2 is 1.94 bits per heavy atom. The molecule has 0 bridgehead atoms. The summed E-state index contributed by atoms with van der Waals surface area (Å²) in [6, 6.07) is 10.7. The second-order valence-corrected chi connectivity index (χ2v) is 8.14. The molecule has 2 heterocycles. The van der Waals surface area contributed by atoms with Crippen molar-refractivity contribution < 1.29 is 28.9 Å². The van der Waals surface area contributed by atoms with Gasteiger partial charge < -0.3 is 24.6 Å². The second kappa shape index (κ2) is 9.54. The summed E-state index contributed by atoms with van der Waals surface area (Å²) >= 11 is 0. The van der Waals surface area contributed by atoms with Crippen LogP contribution in [0.15, 0.2) is 48.8 Å². The zero-order chi connectivity index (χ0) is 22.6. The minimum atomic E-state index is -1.13. The van der Waals surface area contributed by atoms with Crippen molar-refractivity contribution in [3.8, 4) is 0 Å². The van der Waals surface area contributed by atoms with E-state index < -0.39 is 24.0 Å². The summed E-state index contributed by atoms with van der Waals surface area (Å²) in [6.07, 6.45) is 2.71. The van der Waals surface area contributed by atoms with Gasteiger partial charge in [-0.3, -0.25) is 10.3 Å². The minimum Gasteiger partial charge on any atom is -0.465 e. The lowest BCUT2D eigenvalue weighted by Gasteiger charge is -2.46. The van der Waals surface area contributed by atoms with Crippen molar-refractivity contribution in [3.05, 3.63) is 59.9 Å². The molecule has 1 saturated carbocycles. The number of hydrogen-bond donors (Lipinski definition) is 3. The van der Waals surface area contributed by atoms with E-state index in [4.69, 9.17) is 14.2 Å². The van der Waals surface area contributed by atoms with Crippen LogP contribution in [0.3, 0.4) is 0 Å². The maximum Gasteiger partial charge on any atom is 0.412 e. The molecule has 0 unspecified atom stereocenters. The van der Waals surface area contributed by atoms with Gasteiger partial charge in [-0.1, -0.05) is 37.3 Å². The van der Waals surface area contributed by atoms with Crippen LogP contribution in [0.2, 0.25) is 0 Å². The van der Waals surface area contributed by atoms with Crippen LogP contribution in [0.1, 0.15) is 36.8 Å². The van der Waals surface area contributed by atoms with Gasteiger partial charge in [0.2, 0.25) is 0 Å². The highest BCUT2D eigenvalue weighted by molar-refractivity contribution is 5.85. The fourth-order valence-electron chi connectivity index (χ4n) is 4.71. The first kappa shape index (κ1) is 22.0. The first-order valence-corrected chi connectivity index (χ1v) is 10.7. The summed E-state index contributed by atoms with van der Waals surface area (Å²) in [4.78, 5) is 28.0. The molecule has 2 aliphatic rings. The van der Waals surface area contributed by atoms with Crippen molar-refractivity contribution >= 4 is 17.9 Å². The Balaban J connectivity index is 1.49. The highest BCUT2D eigenvalue weighted by Crippen LogP contribution is 2.47. The molecule has 4 rings (SSSR count). The Morgan fingerprint density at radius 1 is 1.19 bits per heavy atom. The van der Waals surface area contributed by atoms with Crippen molar-refractivity contribution in [2.75, 3.05) is 18.5 Å². The van der Waals surface area contributed by atoms with Crippen LogP contribution in [0.25, 0.3) is 0 Å². The van der Waals surface area contributed by atoms with E-state index in [9.17, 15) is 14.7 Å². The molecule has 2 amide bonds. The Morgan fingerprint density at radius 3 is 2.66 bits per heavy atom. The van der Waals surface area contributed by atoms with Crippen LogP contribution in [0, 0.1) is 5.92 Å². The summed E-state index contributed by atoms with van der Waals surface area (Å²) in [5.74, 6) is -1.07. The molecular weight excluding hydrogens is 414 g/mol. The summed E-state index contributed by atoms with van der Waals surface area (Å²) in [5, 5.41) is 14.7. The van der Waals surface area contributed by atoms with E-state index >= 15 is 0 Å². The number of nitrogens with zero attached hydrogens (tertiary/aromatic N) is 1. The number of carbonyl (C=O) groups is 2. The van der Waals surface area contributed by atoms with Gasteiger partial charge in [0.1, 0.15) is 6.61 Å². The molecule has 3 atom stereocenters. The fourth-order valence-corrected chi connectivity index (χ4v) is 4.71. The molecule has 1 saturated heterocycles. The number of nitrogens with one attached hydrogen (secondary N) is 2. The number of ether oxygens (including phenoxy) is 3. The van der Waals surface area contributed by atoms with Gasteiger partial charge in [-0.05, 0) is 36.0 Å². The SMILES string of the molecule is C[C@H]1C[C@@H](c2ccncc2NC(=O)OCc2ccccc2)C[C@@H](NC(=O)O)C12OCCO2. The molecule has 32 heavy (non-hydrogen) atoms. The molecule has 1 aromatic heterocycles. The number of aromatic nitrogens is 1. The van der Waals surface area contributed by atoms with Gasteiger partial charge in [0, 0.05) is 12.1 Å². The quantitative estimate of drug-likeness (QED) is 0.647. The molecule has 9 heteroatoms. The fraction of sp³-hybridized carbons (Fsp3) is 0.435. The summed E-state index contributed by atoms with van der Waals surface area (Å²) in [5.41, 5.74) is 2.30. The number of carboxylic acid groups (broad SMARTS) is 1. The van der Waals surface area contributed by atoms with Crippen LogP contribution in [-0.2, 0) is 20.8 Å². The largest absolute Gasteiger partial charge is 0.465 e. The van der Waals surface area contributed by atoms with Gasteiger partial charge in [-0.15, -0.1) is 0 Å². The van der Waals surface area contributed by atoms with Gasteiger partial charge in [0.25, 0.3) is 0 Å². The molecular formula is C23H27N3O6. The molecule has 170 valence electrons. The molecule has 1 aliphatic carbocycles. The lowest BCUT2D eigenvalue weighted by atomic mass is 9.72. The third kappa shape index (κ3) is 4.68. The second-order valence-electron chi connectivity index (χ2n) is 8.14. The number of pyridine rings is 1. The molecule has 2 aromatic rings. The number of rotatable bonds is 5. The van der Waals surface area contributed by atoms with Crippen LogP contribution < -0.4 is 10.6 Å². The normalized spacial score (nSPS) is 24.1. The van der Waals surface area contributed by atoms with E-state index in [-0.39, 0.29) is 18.4 Å². The smallest absolute Gasteiger partial charge is 0.412 e. The molecule has 1 spiro atoms. The Labute approximate surface area is 186 Å². The lowest BCUT2D eigenvalue weighted by Crippen LogP contribution is -2.60. The van der Waals surface area contributed by atoms with E-state index in [1.807, 2.05) is 43.3 Å². The molecule has 0 radical (unpaired) electrons. The molecule has 1 aromatic carbocycles. The Bertz CT molecular complexity index is 948. The predicted molar refractivity (Wildman–Crippen MR) is 115 cm³/mol. The van der Waals surface area contributed by atoms with Gasteiger partial charge in [0.15, 0.2) is 5.79 Å². The highest BCUT2D eigenvalue weighted by atomic mass is 16.7. The standard InChI is InChI=1S/C23H27N3O6/c1-15-11-17(12-20(26-21(27)28)23(15)31-9-10-32-23)18-7-8-24-13-19(18)25-22(29)30-14-16-5-3-2-4-6-16/h2-8,13,15,17,20,26H,9-12,14H2,1H3,(H,25,29)(H,27,28)/t15-,17+,20+/m0/s1. The Hall–Kier alpha value is -3.17. The summed E-state index contributed by atoms with van der Waals surface area (Å²) < 4.78 is 17.2.